The molecule has 0 bridgehead atoms. The second kappa shape index (κ2) is 11.6. The smallest absolute Gasteiger partial charge is 0.262 e. The third-order valence-electron chi connectivity index (χ3n) is 5.80. The number of carbonyl (C=O) groups excluding carboxylic acids is 2. The molecule has 0 spiro atoms. The van der Waals surface area contributed by atoms with E-state index in [9.17, 15) is 18.0 Å². The fourth-order valence-corrected chi connectivity index (χ4v) is 5.10. The van der Waals surface area contributed by atoms with Crippen molar-refractivity contribution in [1.29, 1.82) is 0 Å². The number of halogens is 1. The van der Waals surface area contributed by atoms with E-state index in [-0.39, 0.29) is 28.2 Å². The number of hydrogen-bond acceptors (Lipinski definition) is 6. The zero-order valence-corrected chi connectivity index (χ0v) is 21.8. The van der Waals surface area contributed by atoms with Crippen LogP contribution in [0.5, 0.6) is 5.75 Å². The van der Waals surface area contributed by atoms with Gasteiger partial charge in [-0.05, 0) is 61.6 Å². The highest BCUT2D eigenvalue weighted by Crippen LogP contribution is 2.28. The standard InChI is InChI=1S/C26H27ClN4O5S/c1-30-13-15-31(16-14-30)26(33)19-7-9-20(10-8-19)28-25(32)18-36-24-12-11-22(17-23(24)27)37(34,35)29-21-5-3-2-4-6-21/h2-12,17,29H,13-16,18H2,1H3,(H,28,32). The van der Waals surface area contributed by atoms with Crippen LogP contribution in [0.25, 0.3) is 0 Å². The molecule has 0 saturated carbocycles. The Kier molecular flexibility index (Phi) is 8.32. The summed E-state index contributed by atoms with van der Waals surface area (Å²) in [6.07, 6.45) is 0. The Labute approximate surface area is 221 Å². The van der Waals surface area contributed by atoms with Gasteiger partial charge in [-0.2, -0.15) is 0 Å². The summed E-state index contributed by atoms with van der Waals surface area (Å²) in [5, 5.41) is 2.75. The molecule has 0 aliphatic carbocycles. The molecule has 0 unspecified atom stereocenters. The number of sulfonamides is 1. The Balaban J connectivity index is 1.30. The summed E-state index contributed by atoms with van der Waals surface area (Å²) in [5.41, 5.74) is 1.50. The Hall–Kier alpha value is -3.60. The van der Waals surface area contributed by atoms with Gasteiger partial charge in [-0.1, -0.05) is 29.8 Å². The molecule has 11 heteroatoms. The van der Waals surface area contributed by atoms with Gasteiger partial charge in [0.15, 0.2) is 6.61 Å². The van der Waals surface area contributed by atoms with E-state index in [1.807, 2.05) is 11.9 Å². The maximum atomic E-state index is 12.7. The van der Waals surface area contributed by atoms with E-state index in [1.165, 1.54) is 18.2 Å². The third kappa shape index (κ3) is 7.00. The van der Waals surface area contributed by atoms with Gasteiger partial charge in [-0.15, -0.1) is 0 Å². The molecule has 2 amide bonds. The molecule has 0 aromatic heterocycles. The average Bonchev–Trinajstić information content (AvgIpc) is 2.89. The average molecular weight is 543 g/mol. The van der Waals surface area contributed by atoms with Gasteiger partial charge in [0.05, 0.1) is 9.92 Å². The number of rotatable bonds is 8. The first-order chi connectivity index (χ1) is 17.7. The van der Waals surface area contributed by atoms with Crippen LogP contribution in [-0.4, -0.2) is 69.9 Å². The third-order valence-corrected chi connectivity index (χ3v) is 7.48. The molecule has 1 fully saturated rings. The van der Waals surface area contributed by atoms with Gasteiger partial charge >= 0.3 is 0 Å². The second-order valence-electron chi connectivity index (χ2n) is 8.57. The predicted molar refractivity (Wildman–Crippen MR) is 143 cm³/mol. The molecular weight excluding hydrogens is 516 g/mol. The van der Waals surface area contributed by atoms with Gasteiger partial charge in [0.1, 0.15) is 5.75 Å². The van der Waals surface area contributed by atoms with Crippen LogP contribution in [0.15, 0.2) is 77.7 Å². The second-order valence-corrected chi connectivity index (χ2v) is 10.7. The minimum absolute atomic E-state index is 0.0339. The zero-order chi connectivity index (χ0) is 26.4. The number of carbonyl (C=O) groups is 2. The van der Waals surface area contributed by atoms with Gasteiger partial charge in [0.25, 0.3) is 21.8 Å². The van der Waals surface area contributed by atoms with E-state index in [4.69, 9.17) is 16.3 Å². The highest BCUT2D eigenvalue weighted by Gasteiger charge is 2.20. The summed E-state index contributed by atoms with van der Waals surface area (Å²) in [6.45, 7) is 2.71. The van der Waals surface area contributed by atoms with Crippen molar-refractivity contribution in [2.75, 3.05) is 49.9 Å². The van der Waals surface area contributed by atoms with E-state index in [2.05, 4.69) is 14.9 Å². The quantitative estimate of drug-likeness (QED) is 0.451. The predicted octanol–water partition coefficient (Wildman–Crippen LogP) is 3.55. The fraction of sp³-hybridized carbons (Fsp3) is 0.231. The highest BCUT2D eigenvalue weighted by molar-refractivity contribution is 7.92. The lowest BCUT2D eigenvalue weighted by Gasteiger charge is -2.32. The molecule has 0 radical (unpaired) electrons. The first kappa shape index (κ1) is 26.5. The molecule has 1 aliphatic heterocycles. The summed E-state index contributed by atoms with van der Waals surface area (Å²) in [7, 11) is -1.81. The number of amides is 2. The summed E-state index contributed by atoms with van der Waals surface area (Å²) >= 11 is 6.21. The Bertz CT molecular complexity index is 1360. The number of anilines is 2. The number of hydrogen-bond donors (Lipinski definition) is 2. The van der Waals surface area contributed by atoms with Crippen molar-refractivity contribution < 1.29 is 22.7 Å². The summed E-state index contributed by atoms with van der Waals surface area (Å²) in [6, 6.07) is 19.2. The normalized spacial score (nSPS) is 14.2. The van der Waals surface area contributed by atoms with Crippen molar-refractivity contribution in [1.82, 2.24) is 9.80 Å². The lowest BCUT2D eigenvalue weighted by molar-refractivity contribution is -0.118. The van der Waals surface area contributed by atoms with E-state index in [1.54, 1.807) is 54.6 Å². The Morgan fingerprint density at radius 3 is 2.24 bits per heavy atom. The topological polar surface area (TPSA) is 108 Å². The molecule has 3 aromatic carbocycles. The minimum Gasteiger partial charge on any atom is -0.482 e. The monoisotopic (exact) mass is 542 g/mol. The van der Waals surface area contributed by atoms with Crippen LogP contribution < -0.4 is 14.8 Å². The van der Waals surface area contributed by atoms with E-state index in [0.717, 1.165) is 13.1 Å². The van der Waals surface area contributed by atoms with E-state index < -0.39 is 15.9 Å². The largest absolute Gasteiger partial charge is 0.482 e. The Morgan fingerprint density at radius 2 is 1.59 bits per heavy atom. The molecule has 3 aromatic rings. The fourth-order valence-electron chi connectivity index (χ4n) is 3.71. The number of para-hydroxylation sites is 1. The lowest BCUT2D eigenvalue weighted by atomic mass is 10.1. The number of piperazine rings is 1. The van der Waals surface area contributed by atoms with Gasteiger partial charge in [0.2, 0.25) is 0 Å². The SMILES string of the molecule is CN1CCN(C(=O)c2ccc(NC(=O)COc3ccc(S(=O)(=O)Nc4ccccc4)cc3Cl)cc2)CC1. The van der Waals surface area contributed by atoms with Gasteiger partial charge < -0.3 is 19.9 Å². The first-order valence-electron chi connectivity index (χ1n) is 11.6. The van der Waals surface area contributed by atoms with Crippen molar-refractivity contribution in [3.63, 3.8) is 0 Å². The maximum Gasteiger partial charge on any atom is 0.262 e. The summed E-state index contributed by atoms with van der Waals surface area (Å²) < 4.78 is 33.2. The van der Waals surface area contributed by atoms with Crippen molar-refractivity contribution >= 4 is 44.8 Å². The number of likely N-dealkylation sites (N-methyl/N-ethyl adjacent to an activating group) is 1. The van der Waals surface area contributed by atoms with Crippen molar-refractivity contribution in [3.05, 3.63) is 83.4 Å². The summed E-state index contributed by atoms with van der Waals surface area (Å²) in [5.74, 6) is -0.298. The first-order valence-corrected chi connectivity index (χ1v) is 13.5. The number of benzene rings is 3. The molecule has 1 heterocycles. The highest BCUT2D eigenvalue weighted by atomic mass is 35.5. The van der Waals surface area contributed by atoms with Crippen LogP contribution in [0.4, 0.5) is 11.4 Å². The van der Waals surface area contributed by atoms with Crippen LogP contribution in [-0.2, 0) is 14.8 Å². The molecule has 37 heavy (non-hydrogen) atoms. The molecular formula is C26H27ClN4O5S. The lowest BCUT2D eigenvalue weighted by Crippen LogP contribution is -2.47. The molecule has 2 N–H and O–H groups in total. The number of nitrogens with one attached hydrogen (secondary N) is 2. The zero-order valence-electron chi connectivity index (χ0n) is 20.2. The molecule has 4 rings (SSSR count). The van der Waals surface area contributed by atoms with Crippen molar-refractivity contribution in [2.24, 2.45) is 0 Å². The van der Waals surface area contributed by atoms with Crippen LogP contribution in [0.2, 0.25) is 5.02 Å². The van der Waals surface area contributed by atoms with Crippen LogP contribution in [0.1, 0.15) is 10.4 Å². The van der Waals surface area contributed by atoms with Crippen LogP contribution >= 0.6 is 11.6 Å². The van der Waals surface area contributed by atoms with Gasteiger partial charge in [-0.25, -0.2) is 8.42 Å². The maximum absolute atomic E-state index is 12.7. The summed E-state index contributed by atoms with van der Waals surface area (Å²) in [4.78, 5) is 29.0. The van der Waals surface area contributed by atoms with Gasteiger partial charge in [-0.3, -0.25) is 14.3 Å². The molecule has 9 nitrogen and oxygen atoms in total. The van der Waals surface area contributed by atoms with Crippen LogP contribution in [0, 0.1) is 0 Å². The van der Waals surface area contributed by atoms with Crippen molar-refractivity contribution in [2.45, 2.75) is 4.90 Å². The van der Waals surface area contributed by atoms with Crippen LogP contribution in [0.3, 0.4) is 0 Å². The molecule has 1 saturated heterocycles. The number of nitrogens with zero attached hydrogens (tertiary/aromatic N) is 2. The van der Waals surface area contributed by atoms with Gasteiger partial charge in [0, 0.05) is 43.1 Å². The molecule has 0 atom stereocenters. The minimum atomic E-state index is -3.84. The molecule has 1 aliphatic rings. The van der Waals surface area contributed by atoms with E-state index in [0.29, 0.717) is 30.0 Å². The molecule has 194 valence electrons. The Morgan fingerprint density at radius 1 is 0.919 bits per heavy atom. The van der Waals surface area contributed by atoms with Crippen molar-refractivity contribution in [3.8, 4) is 5.75 Å². The van der Waals surface area contributed by atoms with E-state index >= 15 is 0 Å². The number of ether oxygens (including phenoxy) is 1.